The van der Waals surface area contributed by atoms with Crippen molar-refractivity contribution in [3.63, 3.8) is 0 Å². The average molecular weight is 387 g/mol. The van der Waals surface area contributed by atoms with Crippen molar-refractivity contribution in [3.05, 3.63) is 63.4 Å². The van der Waals surface area contributed by atoms with Gasteiger partial charge in [-0.1, -0.05) is 35.2 Å². The molecule has 1 aromatic heterocycles. The fourth-order valence-corrected chi connectivity index (χ4v) is 4.22. The van der Waals surface area contributed by atoms with E-state index >= 15 is 0 Å². The highest BCUT2D eigenvalue weighted by molar-refractivity contribution is 6.36. The maximum absolute atomic E-state index is 12.9. The van der Waals surface area contributed by atoms with Crippen LogP contribution in [0, 0.1) is 11.8 Å². The maximum atomic E-state index is 12.9. The molecule has 0 amide bonds. The Morgan fingerprint density at radius 1 is 1.31 bits per heavy atom. The summed E-state index contributed by atoms with van der Waals surface area (Å²) < 4.78 is 5.82. The number of rotatable bonds is 3. The monoisotopic (exact) mass is 386 g/mol. The SMILES string of the molecule is CC#Cc1cc(Cl)c(C2C(=O)CN(Cc3ccccn3)C3OC23)c(Cl)c1. The minimum atomic E-state index is -0.441. The standard InChI is InChI=1S/C20H16Cl2N2O2/c1-2-5-12-8-14(21)17(15(22)9-12)18-16(25)11-24(20-19(18)26-20)10-13-6-3-4-7-23-13/h3-4,6-9,18-20H,10-11H2,1H3. The molecule has 4 nitrogen and oxygen atoms in total. The Hall–Kier alpha value is -1.90. The van der Waals surface area contributed by atoms with E-state index in [0.29, 0.717) is 22.2 Å². The molecule has 1 aromatic carbocycles. The maximum Gasteiger partial charge on any atom is 0.157 e. The molecule has 0 bridgehead atoms. The average Bonchev–Trinajstić information content (AvgIpc) is 3.39. The first kappa shape index (κ1) is 17.5. The molecule has 2 aliphatic rings. The number of piperidine rings is 1. The Balaban J connectivity index is 1.58. The number of carbonyl (C=O) groups is 1. The third kappa shape index (κ3) is 3.24. The number of ketones is 1. The summed E-state index contributed by atoms with van der Waals surface area (Å²) in [5.41, 5.74) is 2.29. The van der Waals surface area contributed by atoms with Crippen molar-refractivity contribution < 1.29 is 9.53 Å². The molecule has 6 heteroatoms. The van der Waals surface area contributed by atoms with E-state index in [-0.39, 0.29) is 24.7 Å². The van der Waals surface area contributed by atoms with Gasteiger partial charge in [-0.15, -0.1) is 5.92 Å². The number of hydrogen-bond acceptors (Lipinski definition) is 4. The summed E-state index contributed by atoms with van der Waals surface area (Å²) >= 11 is 12.9. The number of fused-ring (bicyclic) bond motifs is 1. The number of halogens is 2. The number of carbonyl (C=O) groups excluding carboxylic acids is 1. The molecule has 4 rings (SSSR count). The highest BCUT2D eigenvalue weighted by Crippen LogP contribution is 2.47. The van der Waals surface area contributed by atoms with E-state index in [1.807, 2.05) is 23.1 Å². The van der Waals surface area contributed by atoms with Crippen LogP contribution in [-0.2, 0) is 16.1 Å². The molecule has 26 heavy (non-hydrogen) atoms. The Morgan fingerprint density at radius 2 is 2.08 bits per heavy atom. The Labute approximate surface area is 162 Å². The molecule has 0 spiro atoms. The highest BCUT2D eigenvalue weighted by atomic mass is 35.5. The van der Waals surface area contributed by atoms with Gasteiger partial charge in [-0.05, 0) is 31.2 Å². The second-order valence-corrected chi connectivity index (χ2v) is 7.20. The lowest BCUT2D eigenvalue weighted by molar-refractivity contribution is -0.123. The predicted molar refractivity (Wildman–Crippen MR) is 100 cm³/mol. The molecule has 2 aliphatic heterocycles. The van der Waals surface area contributed by atoms with Gasteiger partial charge in [0.25, 0.3) is 0 Å². The molecule has 3 heterocycles. The quantitative estimate of drug-likeness (QED) is 0.596. The molecule has 0 N–H and O–H groups in total. The van der Waals surface area contributed by atoms with Gasteiger partial charge in [0.1, 0.15) is 12.3 Å². The van der Waals surface area contributed by atoms with Gasteiger partial charge in [0.15, 0.2) is 5.78 Å². The lowest BCUT2D eigenvalue weighted by Crippen LogP contribution is -2.42. The number of Topliss-reactive ketones (excluding diaryl/α,β-unsaturated/α-hetero) is 1. The van der Waals surface area contributed by atoms with Crippen molar-refractivity contribution in [1.29, 1.82) is 0 Å². The molecular formula is C20H16Cl2N2O2. The zero-order valence-electron chi connectivity index (χ0n) is 14.1. The second kappa shape index (κ2) is 7.02. The molecule has 2 saturated heterocycles. The summed E-state index contributed by atoms with van der Waals surface area (Å²) in [6, 6.07) is 9.25. The molecular weight excluding hydrogens is 371 g/mol. The number of likely N-dealkylation sites (tertiary alicyclic amines) is 1. The summed E-state index contributed by atoms with van der Waals surface area (Å²) in [4.78, 5) is 19.2. The van der Waals surface area contributed by atoms with Crippen LogP contribution in [0.3, 0.4) is 0 Å². The molecule has 2 aromatic rings. The number of ether oxygens (including phenoxy) is 1. The number of pyridine rings is 1. The minimum Gasteiger partial charge on any atom is -0.352 e. The molecule has 0 saturated carbocycles. The smallest absolute Gasteiger partial charge is 0.157 e. The molecule has 0 aliphatic carbocycles. The molecule has 3 atom stereocenters. The number of benzene rings is 1. The Bertz CT molecular complexity index is 897. The van der Waals surface area contributed by atoms with E-state index in [4.69, 9.17) is 27.9 Å². The van der Waals surface area contributed by atoms with Crippen molar-refractivity contribution in [2.75, 3.05) is 6.54 Å². The van der Waals surface area contributed by atoms with Crippen LogP contribution >= 0.6 is 23.2 Å². The number of nitrogens with zero attached hydrogens (tertiary/aromatic N) is 2. The van der Waals surface area contributed by atoms with Crippen LogP contribution in [0.25, 0.3) is 0 Å². The van der Waals surface area contributed by atoms with E-state index in [1.54, 1.807) is 25.3 Å². The van der Waals surface area contributed by atoms with Crippen LogP contribution in [0.15, 0.2) is 36.5 Å². The minimum absolute atomic E-state index is 0.0535. The van der Waals surface area contributed by atoms with Gasteiger partial charge >= 0.3 is 0 Å². The lowest BCUT2D eigenvalue weighted by atomic mass is 9.87. The van der Waals surface area contributed by atoms with E-state index in [0.717, 1.165) is 11.3 Å². The van der Waals surface area contributed by atoms with Crippen LogP contribution in [-0.4, -0.2) is 34.5 Å². The molecule has 132 valence electrons. The number of epoxide rings is 1. The van der Waals surface area contributed by atoms with Crippen LogP contribution in [0.5, 0.6) is 0 Å². The predicted octanol–water partition coefficient (Wildman–Crippen LogP) is 3.65. The highest BCUT2D eigenvalue weighted by Gasteiger charge is 2.56. The second-order valence-electron chi connectivity index (χ2n) is 6.39. The van der Waals surface area contributed by atoms with E-state index in [1.165, 1.54) is 0 Å². The normalized spacial score (nSPS) is 24.6. The zero-order chi connectivity index (χ0) is 18.3. The van der Waals surface area contributed by atoms with Gasteiger partial charge in [0.2, 0.25) is 0 Å². The largest absolute Gasteiger partial charge is 0.352 e. The van der Waals surface area contributed by atoms with Crippen molar-refractivity contribution in [2.24, 2.45) is 0 Å². The van der Waals surface area contributed by atoms with Gasteiger partial charge in [0.05, 0.1) is 18.2 Å². The summed E-state index contributed by atoms with van der Waals surface area (Å²) in [5.74, 6) is 5.37. The fraction of sp³-hybridized carbons (Fsp3) is 0.300. The first-order chi connectivity index (χ1) is 12.6. The summed E-state index contributed by atoms with van der Waals surface area (Å²) in [6.07, 6.45) is 1.41. The van der Waals surface area contributed by atoms with Crippen molar-refractivity contribution in [3.8, 4) is 11.8 Å². The van der Waals surface area contributed by atoms with Gasteiger partial charge in [-0.3, -0.25) is 14.7 Å². The third-order valence-corrected chi connectivity index (χ3v) is 5.27. The topological polar surface area (TPSA) is 45.7 Å². The van der Waals surface area contributed by atoms with Gasteiger partial charge in [-0.2, -0.15) is 0 Å². The molecule has 3 unspecified atom stereocenters. The van der Waals surface area contributed by atoms with E-state index in [9.17, 15) is 4.79 Å². The van der Waals surface area contributed by atoms with E-state index < -0.39 is 5.92 Å². The first-order valence-corrected chi connectivity index (χ1v) is 9.08. The Kier molecular flexibility index (Phi) is 4.73. The van der Waals surface area contributed by atoms with Crippen molar-refractivity contribution >= 4 is 29.0 Å². The lowest BCUT2D eigenvalue weighted by Gasteiger charge is -2.28. The van der Waals surface area contributed by atoms with Crippen LogP contribution in [0.1, 0.15) is 29.7 Å². The van der Waals surface area contributed by atoms with Crippen LogP contribution < -0.4 is 0 Å². The third-order valence-electron chi connectivity index (χ3n) is 4.65. The van der Waals surface area contributed by atoms with Crippen molar-refractivity contribution in [1.82, 2.24) is 9.88 Å². The number of aromatic nitrogens is 1. The Morgan fingerprint density at radius 3 is 2.73 bits per heavy atom. The zero-order valence-corrected chi connectivity index (χ0v) is 15.6. The van der Waals surface area contributed by atoms with Crippen LogP contribution in [0.2, 0.25) is 10.0 Å². The van der Waals surface area contributed by atoms with Gasteiger partial charge in [-0.25, -0.2) is 0 Å². The van der Waals surface area contributed by atoms with Crippen LogP contribution in [0.4, 0.5) is 0 Å². The van der Waals surface area contributed by atoms with Crippen molar-refractivity contribution in [2.45, 2.75) is 31.7 Å². The van der Waals surface area contributed by atoms with Gasteiger partial charge < -0.3 is 4.74 Å². The summed E-state index contributed by atoms with van der Waals surface area (Å²) in [5, 5.41) is 0.919. The van der Waals surface area contributed by atoms with Gasteiger partial charge in [0, 0.05) is 33.9 Å². The molecule has 2 fully saturated rings. The fourth-order valence-electron chi connectivity index (χ4n) is 3.49. The molecule has 0 radical (unpaired) electrons. The first-order valence-electron chi connectivity index (χ1n) is 8.32. The van der Waals surface area contributed by atoms with E-state index in [2.05, 4.69) is 16.8 Å². The number of hydrogen-bond donors (Lipinski definition) is 0. The summed E-state index contributed by atoms with van der Waals surface area (Å²) in [6.45, 7) is 2.61. The summed E-state index contributed by atoms with van der Waals surface area (Å²) in [7, 11) is 0.